The van der Waals surface area contributed by atoms with Gasteiger partial charge in [0.2, 0.25) is 0 Å². The SMILES string of the molecule is Cc1cccc(NC(=S)N2CCN(c3ccc(Cl)c(Cl)c3)CC2)c1. The van der Waals surface area contributed by atoms with Gasteiger partial charge in [-0.3, -0.25) is 0 Å². The van der Waals surface area contributed by atoms with Crippen molar-refractivity contribution in [2.24, 2.45) is 0 Å². The molecule has 1 heterocycles. The van der Waals surface area contributed by atoms with Gasteiger partial charge in [-0.1, -0.05) is 35.3 Å². The smallest absolute Gasteiger partial charge is 0.173 e. The van der Waals surface area contributed by atoms with Gasteiger partial charge in [0.05, 0.1) is 10.0 Å². The molecule has 2 aromatic carbocycles. The van der Waals surface area contributed by atoms with Gasteiger partial charge >= 0.3 is 0 Å². The van der Waals surface area contributed by atoms with Gasteiger partial charge in [0.15, 0.2) is 5.11 Å². The fourth-order valence-electron chi connectivity index (χ4n) is 2.77. The van der Waals surface area contributed by atoms with E-state index in [0.29, 0.717) is 10.0 Å². The molecule has 1 saturated heterocycles. The van der Waals surface area contributed by atoms with E-state index in [1.165, 1.54) is 5.56 Å². The second kappa shape index (κ2) is 7.60. The highest BCUT2D eigenvalue weighted by molar-refractivity contribution is 7.80. The van der Waals surface area contributed by atoms with E-state index in [2.05, 4.69) is 34.2 Å². The van der Waals surface area contributed by atoms with Gasteiger partial charge in [0.25, 0.3) is 0 Å². The van der Waals surface area contributed by atoms with Gasteiger partial charge < -0.3 is 15.1 Å². The highest BCUT2D eigenvalue weighted by atomic mass is 35.5. The van der Waals surface area contributed by atoms with E-state index in [1.807, 2.05) is 30.3 Å². The minimum absolute atomic E-state index is 0.586. The third-order valence-electron chi connectivity index (χ3n) is 4.10. The van der Waals surface area contributed by atoms with Crippen LogP contribution in [0, 0.1) is 6.92 Å². The summed E-state index contributed by atoms with van der Waals surface area (Å²) in [4.78, 5) is 4.50. The summed E-state index contributed by atoms with van der Waals surface area (Å²) in [5.41, 5.74) is 3.35. The Labute approximate surface area is 158 Å². The third kappa shape index (κ3) is 4.12. The van der Waals surface area contributed by atoms with Gasteiger partial charge in [-0.15, -0.1) is 0 Å². The second-order valence-electron chi connectivity index (χ2n) is 5.87. The maximum Gasteiger partial charge on any atom is 0.173 e. The predicted molar refractivity (Wildman–Crippen MR) is 108 cm³/mol. The Morgan fingerprint density at radius 2 is 1.75 bits per heavy atom. The Balaban J connectivity index is 1.58. The monoisotopic (exact) mass is 379 g/mol. The molecule has 0 amide bonds. The van der Waals surface area contributed by atoms with Crippen LogP contribution in [0.25, 0.3) is 0 Å². The first kappa shape index (κ1) is 17.3. The van der Waals surface area contributed by atoms with Crippen LogP contribution in [0.5, 0.6) is 0 Å². The van der Waals surface area contributed by atoms with Crippen molar-refractivity contribution in [3.8, 4) is 0 Å². The Kier molecular flexibility index (Phi) is 5.49. The van der Waals surface area contributed by atoms with Crippen molar-refractivity contribution in [1.29, 1.82) is 0 Å². The molecule has 24 heavy (non-hydrogen) atoms. The van der Waals surface area contributed by atoms with Crippen molar-refractivity contribution in [2.75, 3.05) is 36.4 Å². The summed E-state index contributed by atoms with van der Waals surface area (Å²) in [6.07, 6.45) is 0. The van der Waals surface area contributed by atoms with Gasteiger partial charge in [-0.25, -0.2) is 0 Å². The molecule has 3 nitrogen and oxygen atoms in total. The van der Waals surface area contributed by atoms with Crippen LogP contribution in [-0.2, 0) is 0 Å². The molecule has 0 bridgehead atoms. The van der Waals surface area contributed by atoms with E-state index < -0.39 is 0 Å². The maximum absolute atomic E-state index is 6.12. The number of benzene rings is 2. The quantitative estimate of drug-likeness (QED) is 0.753. The van der Waals surface area contributed by atoms with Crippen LogP contribution >= 0.6 is 35.4 Å². The maximum atomic E-state index is 6.12. The zero-order valence-corrected chi connectivity index (χ0v) is 15.8. The minimum Gasteiger partial charge on any atom is -0.368 e. The first-order valence-corrected chi connectivity index (χ1v) is 9.02. The lowest BCUT2D eigenvalue weighted by molar-refractivity contribution is 0.391. The van der Waals surface area contributed by atoms with E-state index in [-0.39, 0.29) is 0 Å². The lowest BCUT2D eigenvalue weighted by Gasteiger charge is -2.37. The molecule has 126 valence electrons. The largest absolute Gasteiger partial charge is 0.368 e. The molecule has 3 rings (SSSR count). The van der Waals surface area contributed by atoms with Crippen LogP contribution in [0.15, 0.2) is 42.5 Å². The topological polar surface area (TPSA) is 18.5 Å². The average Bonchev–Trinajstić information content (AvgIpc) is 2.57. The number of halogens is 2. The number of nitrogens with one attached hydrogen (secondary N) is 1. The number of hydrogen-bond donors (Lipinski definition) is 1. The van der Waals surface area contributed by atoms with Gasteiger partial charge in [0, 0.05) is 37.6 Å². The molecule has 0 aromatic heterocycles. The number of hydrogen-bond acceptors (Lipinski definition) is 2. The molecular formula is C18H19Cl2N3S. The number of aryl methyl sites for hydroxylation is 1. The van der Waals surface area contributed by atoms with E-state index >= 15 is 0 Å². The fraction of sp³-hybridized carbons (Fsp3) is 0.278. The third-order valence-corrected chi connectivity index (χ3v) is 5.20. The van der Waals surface area contributed by atoms with Crippen molar-refractivity contribution >= 4 is 51.9 Å². The Morgan fingerprint density at radius 3 is 2.42 bits per heavy atom. The first-order valence-electron chi connectivity index (χ1n) is 7.85. The van der Waals surface area contributed by atoms with Crippen LogP contribution in [0.1, 0.15) is 5.56 Å². The molecule has 1 aliphatic heterocycles. The summed E-state index contributed by atoms with van der Waals surface area (Å²) in [5, 5.41) is 5.27. The Morgan fingerprint density at radius 1 is 1.00 bits per heavy atom. The average molecular weight is 380 g/mol. The van der Waals surface area contributed by atoms with Gasteiger partial charge in [-0.2, -0.15) is 0 Å². The molecule has 6 heteroatoms. The molecule has 1 aliphatic rings. The predicted octanol–water partition coefficient (Wildman–Crippen LogP) is 4.82. The zero-order valence-electron chi connectivity index (χ0n) is 13.4. The van der Waals surface area contributed by atoms with E-state index in [4.69, 9.17) is 35.4 Å². The van der Waals surface area contributed by atoms with Crippen LogP contribution in [-0.4, -0.2) is 36.2 Å². The first-order chi connectivity index (χ1) is 11.5. The Bertz CT molecular complexity index is 743. The second-order valence-corrected chi connectivity index (χ2v) is 7.07. The van der Waals surface area contributed by atoms with Crippen LogP contribution in [0.3, 0.4) is 0 Å². The van der Waals surface area contributed by atoms with Crippen molar-refractivity contribution in [1.82, 2.24) is 4.90 Å². The fourth-order valence-corrected chi connectivity index (χ4v) is 3.37. The summed E-state index contributed by atoms with van der Waals surface area (Å²) in [6, 6.07) is 14.0. The summed E-state index contributed by atoms with van der Waals surface area (Å²) < 4.78 is 0. The molecule has 0 aliphatic carbocycles. The summed E-state index contributed by atoms with van der Waals surface area (Å²) in [5.74, 6) is 0. The molecule has 0 radical (unpaired) electrons. The highest BCUT2D eigenvalue weighted by Crippen LogP contribution is 2.27. The Hall–Kier alpha value is -1.49. The summed E-state index contributed by atoms with van der Waals surface area (Å²) >= 11 is 17.7. The van der Waals surface area contributed by atoms with Crippen LogP contribution < -0.4 is 10.2 Å². The van der Waals surface area contributed by atoms with Gasteiger partial charge in [-0.05, 0) is 55.0 Å². The summed E-state index contributed by atoms with van der Waals surface area (Å²) in [7, 11) is 0. The number of nitrogens with zero attached hydrogens (tertiary/aromatic N) is 2. The highest BCUT2D eigenvalue weighted by Gasteiger charge is 2.19. The molecule has 1 fully saturated rings. The number of piperazine rings is 1. The molecule has 1 N–H and O–H groups in total. The van der Waals surface area contributed by atoms with Crippen LogP contribution in [0.2, 0.25) is 10.0 Å². The normalized spacial score (nSPS) is 14.6. The van der Waals surface area contributed by atoms with Crippen molar-refractivity contribution in [3.63, 3.8) is 0 Å². The lowest BCUT2D eigenvalue weighted by Crippen LogP contribution is -2.50. The number of rotatable bonds is 2. The van der Waals surface area contributed by atoms with Gasteiger partial charge in [0.1, 0.15) is 0 Å². The standard InChI is InChI=1S/C18H19Cl2N3S/c1-13-3-2-4-14(11-13)21-18(24)23-9-7-22(8-10-23)15-5-6-16(19)17(20)12-15/h2-6,11-12H,7-10H2,1H3,(H,21,24). The zero-order chi connectivity index (χ0) is 17.1. The van der Waals surface area contributed by atoms with E-state index in [0.717, 1.165) is 42.7 Å². The molecule has 2 aromatic rings. The van der Waals surface area contributed by atoms with Crippen LogP contribution in [0.4, 0.5) is 11.4 Å². The molecule has 0 spiro atoms. The molecule has 0 saturated carbocycles. The van der Waals surface area contributed by atoms with E-state index in [1.54, 1.807) is 0 Å². The number of anilines is 2. The molecule has 0 atom stereocenters. The molecule has 0 unspecified atom stereocenters. The summed E-state index contributed by atoms with van der Waals surface area (Å²) in [6.45, 7) is 5.61. The van der Waals surface area contributed by atoms with Crippen molar-refractivity contribution in [2.45, 2.75) is 6.92 Å². The lowest BCUT2D eigenvalue weighted by atomic mass is 10.2. The van der Waals surface area contributed by atoms with Crippen molar-refractivity contribution < 1.29 is 0 Å². The minimum atomic E-state index is 0.586. The van der Waals surface area contributed by atoms with Crippen molar-refractivity contribution in [3.05, 3.63) is 58.1 Å². The van der Waals surface area contributed by atoms with E-state index in [9.17, 15) is 0 Å². The molecular weight excluding hydrogens is 361 g/mol. The number of thiocarbonyl (C=S) groups is 1.